The van der Waals surface area contributed by atoms with Gasteiger partial charge in [-0.3, -0.25) is 0 Å². The summed E-state index contributed by atoms with van der Waals surface area (Å²) in [6.45, 7) is 4.89. The van der Waals surface area contributed by atoms with E-state index in [2.05, 4.69) is 14.9 Å². The molecule has 0 bridgehead atoms. The molecule has 0 saturated heterocycles. The van der Waals surface area contributed by atoms with Crippen LogP contribution in [0, 0.1) is 0 Å². The second-order valence-electron chi connectivity index (χ2n) is 5.59. The number of hydrogen-bond donors (Lipinski definition) is 2. The van der Waals surface area contributed by atoms with E-state index in [-0.39, 0.29) is 0 Å². The van der Waals surface area contributed by atoms with Gasteiger partial charge in [-0.05, 0) is 44.1 Å². The Hall–Kier alpha value is -0.950. The second kappa shape index (κ2) is 7.35. The molecule has 0 aliphatic heterocycles. The van der Waals surface area contributed by atoms with Crippen LogP contribution in [0.25, 0.3) is 0 Å². The van der Waals surface area contributed by atoms with Crippen LogP contribution in [0.3, 0.4) is 0 Å². The number of nitrogens with zero attached hydrogens (tertiary/aromatic N) is 1. The molecule has 0 spiro atoms. The fourth-order valence-electron chi connectivity index (χ4n) is 1.95. The van der Waals surface area contributed by atoms with Crippen molar-refractivity contribution in [3.8, 4) is 0 Å². The van der Waals surface area contributed by atoms with E-state index < -0.39 is 10.0 Å². The van der Waals surface area contributed by atoms with Gasteiger partial charge in [0, 0.05) is 25.7 Å². The van der Waals surface area contributed by atoms with Crippen LogP contribution in [0.2, 0.25) is 0 Å². The van der Waals surface area contributed by atoms with Gasteiger partial charge in [-0.1, -0.05) is 19.1 Å². The minimum Gasteiger partial charge on any atom is -0.310 e. The van der Waals surface area contributed by atoms with Gasteiger partial charge in [0.25, 0.3) is 0 Å². The summed E-state index contributed by atoms with van der Waals surface area (Å²) in [4.78, 5) is 2.40. The molecule has 118 valence electrons. The van der Waals surface area contributed by atoms with Crippen LogP contribution < -0.4 is 10.0 Å². The Morgan fingerprint density at radius 3 is 2.48 bits per heavy atom. The van der Waals surface area contributed by atoms with Crippen LogP contribution >= 0.6 is 0 Å². The van der Waals surface area contributed by atoms with Crippen LogP contribution in [-0.4, -0.2) is 46.0 Å². The summed E-state index contributed by atoms with van der Waals surface area (Å²) < 4.78 is 26.9. The minimum atomic E-state index is -3.40. The molecule has 0 heterocycles. The predicted molar refractivity (Wildman–Crippen MR) is 84.7 cm³/mol. The lowest BCUT2D eigenvalue weighted by atomic mass is 10.2. The SMILES string of the molecule is CCN(C)CCNS(=O)(=O)c1ccc(CNC2CC2)cc1. The Bertz CT molecular complexity index is 539. The molecule has 5 nitrogen and oxygen atoms in total. The van der Waals surface area contributed by atoms with Gasteiger partial charge in [-0.2, -0.15) is 0 Å². The number of rotatable bonds is 9. The van der Waals surface area contributed by atoms with E-state index in [1.165, 1.54) is 12.8 Å². The largest absolute Gasteiger partial charge is 0.310 e. The monoisotopic (exact) mass is 311 g/mol. The van der Waals surface area contributed by atoms with Gasteiger partial charge in [0.2, 0.25) is 10.0 Å². The Morgan fingerprint density at radius 1 is 1.24 bits per heavy atom. The molecule has 0 unspecified atom stereocenters. The van der Waals surface area contributed by atoms with Crippen molar-refractivity contribution in [1.82, 2.24) is 14.9 Å². The summed E-state index contributed by atoms with van der Waals surface area (Å²) in [6.07, 6.45) is 2.51. The molecule has 6 heteroatoms. The smallest absolute Gasteiger partial charge is 0.240 e. The first-order valence-electron chi connectivity index (χ1n) is 7.52. The van der Waals surface area contributed by atoms with Crippen molar-refractivity contribution < 1.29 is 8.42 Å². The van der Waals surface area contributed by atoms with Gasteiger partial charge in [0.05, 0.1) is 4.90 Å². The van der Waals surface area contributed by atoms with Crippen molar-refractivity contribution in [2.45, 2.75) is 37.2 Å². The van der Waals surface area contributed by atoms with Gasteiger partial charge in [-0.25, -0.2) is 13.1 Å². The van der Waals surface area contributed by atoms with E-state index in [1.807, 2.05) is 26.1 Å². The molecule has 1 aromatic carbocycles. The third kappa shape index (κ3) is 5.39. The molecule has 0 atom stereocenters. The molecule has 0 amide bonds. The summed E-state index contributed by atoms with van der Waals surface area (Å²) in [7, 11) is -1.43. The first-order valence-corrected chi connectivity index (χ1v) is 9.00. The average molecular weight is 311 g/mol. The molecule has 21 heavy (non-hydrogen) atoms. The number of benzene rings is 1. The zero-order valence-corrected chi connectivity index (χ0v) is 13.6. The van der Waals surface area contributed by atoms with E-state index in [0.717, 1.165) is 18.7 Å². The van der Waals surface area contributed by atoms with Crippen LogP contribution in [0.15, 0.2) is 29.2 Å². The Labute approximate surface area is 127 Å². The van der Waals surface area contributed by atoms with E-state index in [1.54, 1.807) is 12.1 Å². The van der Waals surface area contributed by atoms with Gasteiger partial charge < -0.3 is 10.2 Å². The van der Waals surface area contributed by atoms with Crippen LogP contribution in [0.1, 0.15) is 25.3 Å². The molecule has 1 aromatic rings. The van der Waals surface area contributed by atoms with Gasteiger partial charge in [-0.15, -0.1) is 0 Å². The van der Waals surface area contributed by atoms with E-state index in [0.29, 0.717) is 24.0 Å². The molecule has 1 aliphatic rings. The van der Waals surface area contributed by atoms with Gasteiger partial charge >= 0.3 is 0 Å². The number of sulfonamides is 1. The Kier molecular flexibility index (Phi) is 5.75. The number of nitrogens with one attached hydrogen (secondary N) is 2. The highest BCUT2D eigenvalue weighted by Crippen LogP contribution is 2.19. The zero-order valence-electron chi connectivity index (χ0n) is 12.8. The van der Waals surface area contributed by atoms with Crippen molar-refractivity contribution in [2.75, 3.05) is 26.7 Å². The number of likely N-dealkylation sites (N-methyl/N-ethyl adjacent to an activating group) is 1. The van der Waals surface area contributed by atoms with E-state index >= 15 is 0 Å². The zero-order chi connectivity index (χ0) is 15.3. The van der Waals surface area contributed by atoms with Crippen LogP contribution in [0.4, 0.5) is 0 Å². The lowest BCUT2D eigenvalue weighted by Gasteiger charge is -2.14. The molecule has 1 fully saturated rings. The topological polar surface area (TPSA) is 61.4 Å². The van der Waals surface area contributed by atoms with Crippen molar-refractivity contribution in [1.29, 1.82) is 0 Å². The summed E-state index contributed by atoms with van der Waals surface area (Å²) in [5.41, 5.74) is 1.12. The van der Waals surface area contributed by atoms with Crippen LogP contribution in [0.5, 0.6) is 0 Å². The third-order valence-electron chi connectivity index (χ3n) is 3.73. The lowest BCUT2D eigenvalue weighted by molar-refractivity contribution is 0.358. The molecule has 0 radical (unpaired) electrons. The Balaban J connectivity index is 1.86. The predicted octanol–water partition coefficient (Wildman–Crippen LogP) is 1.17. The molecule has 2 rings (SSSR count). The standard InChI is InChI=1S/C15H25N3O2S/c1-3-18(2)11-10-17-21(19,20)15-8-4-13(5-9-15)12-16-14-6-7-14/h4-5,8-9,14,16-17H,3,6-7,10-12H2,1-2H3. The molecular formula is C15H25N3O2S. The van der Waals surface area contributed by atoms with Crippen molar-refractivity contribution in [3.05, 3.63) is 29.8 Å². The molecule has 1 saturated carbocycles. The first-order chi connectivity index (χ1) is 10.0. The summed E-state index contributed by atoms with van der Waals surface area (Å²) >= 11 is 0. The molecule has 2 N–H and O–H groups in total. The van der Waals surface area contributed by atoms with E-state index in [4.69, 9.17) is 0 Å². The normalized spacial score (nSPS) is 15.6. The summed E-state index contributed by atoms with van der Waals surface area (Å²) in [6, 6.07) is 7.76. The lowest BCUT2D eigenvalue weighted by Crippen LogP contribution is -2.32. The first kappa shape index (κ1) is 16.4. The summed E-state index contributed by atoms with van der Waals surface area (Å²) in [5, 5.41) is 3.41. The molecular weight excluding hydrogens is 286 g/mol. The maximum atomic E-state index is 12.1. The molecule has 0 aromatic heterocycles. The fraction of sp³-hybridized carbons (Fsp3) is 0.600. The maximum absolute atomic E-state index is 12.1. The fourth-order valence-corrected chi connectivity index (χ4v) is 2.97. The van der Waals surface area contributed by atoms with Gasteiger partial charge in [0.15, 0.2) is 0 Å². The Morgan fingerprint density at radius 2 is 1.90 bits per heavy atom. The quantitative estimate of drug-likeness (QED) is 0.719. The average Bonchev–Trinajstić information content (AvgIpc) is 3.29. The molecule has 1 aliphatic carbocycles. The number of hydrogen-bond acceptors (Lipinski definition) is 4. The minimum absolute atomic E-state index is 0.330. The highest BCUT2D eigenvalue weighted by Gasteiger charge is 2.20. The van der Waals surface area contributed by atoms with E-state index in [9.17, 15) is 8.42 Å². The van der Waals surface area contributed by atoms with Crippen molar-refractivity contribution >= 4 is 10.0 Å². The highest BCUT2D eigenvalue weighted by atomic mass is 32.2. The highest BCUT2D eigenvalue weighted by molar-refractivity contribution is 7.89. The second-order valence-corrected chi connectivity index (χ2v) is 7.36. The van der Waals surface area contributed by atoms with Crippen molar-refractivity contribution in [3.63, 3.8) is 0 Å². The third-order valence-corrected chi connectivity index (χ3v) is 5.21. The van der Waals surface area contributed by atoms with Crippen molar-refractivity contribution in [2.24, 2.45) is 0 Å². The van der Waals surface area contributed by atoms with Gasteiger partial charge in [0.1, 0.15) is 0 Å². The summed E-state index contributed by atoms with van der Waals surface area (Å²) in [5.74, 6) is 0. The maximum Gasteiger partial charge on any atom is 0.240 e. The van der Waals surface area contributed by atoms with Crippen LogP contribution in [-0.2, 0) is 16.6 Å².